The molecule has 1 unspecified atom stereocenters. The van der Waals surface area contributed by atoms with Gasteiger partial charge < -0.3 is 19.1 Å². The number of ether oxygens (including phenoxy) is 3. The van der Waals surface area contributed by atoms with Crippen molar-refractivity contribution >= 4 is 6.09 Å². The Morgan fingerprint density at radius 3 is 2.43 bits per heavy atom. The average molecular weight is 301 g/mol. The summed E-state index contributed by atoms with van der Waals surface area (Å²) in [7, 11) is 0. The Labute approximate surface area is 128 Å². The van der Waals surface area contributed by atoms with Crippen molar-refractivity contribution in [3.8, 4) is 0 Å². The van der Waals surface area contributed by atoms with Crippen LogP contribution in [-0.2, 0) is 14.2 Å². The maximum absolute atomic E-state index is 12.0. The molecule has 0 bridgehead atoms. The first kappa shape index (κ1) is 18.2. The van der Waals surface area contributed by atoms with Gasteiger partial charge in [0.15, 0.2) is 0 Å². The van der Waals surface area contributed by atoms with Gasteiger partial charge in [0.1, 0.15) is 5.60 Å². The van der Waals surface area contributed by atoms with E-state index in [2.05, 4.69) is 6.92 Å². The molecule has 1 rings (SSSR count). The zero-order chi connectivity index (χ0) is 15.9. The topological polar surface area (TPSA) is 48.0 Å². The fourth-order valence-electron chi connectivity index (χ4n) is 2.29. The van der Waals surface area contributed by atoms with Crippen molar-refractivity contribution in [2.45, 2.75) is 71.7 Å². The van der Waals surface area contributed by atoms with Crippen molar-refractivity contribution in [3.05, 3.63) is 0 Å². The van der Waals surface area contributed by atoms with E-state index in [0.29, 0.717) is 13.1 Å². The Balaban J connectivity index is 2.24. The van der Waals surface area contributed by atoms with Crippen LogP contribution >= 0.6 is 0 Å². The Morgan fingerprint density at radius 2 is 1.90 bits per heavy atom. The van der Waals surface area contributed by atoms with Gasteiger partial charge in [-0.05, 0) is 53.9 Å². The maximum atomic E-state index is 12.0. The molecular weight excluding hydrogens is 270 g/mol. The number of hydrogen-bond acceptors (Lipinski definition) is 4. The lowest BCUT2D eigenvalue weighted by Gasteiger charge is -2.34. The Hall–Kier alpha value is -0.810. The molecule has 0 aromatic heterocycles. The molecular formula is C16H31NO4. The summed E-state index contributed by atoms with van der Waals surface area (Å²) in [4.78, 5) is 13.7. The van der Waals surface area contributed by atoms with Crippen LogP contribution in [0.15, 0.2) is 0 Å². The molecule has 0 N–H and O–H groups in total. The summed E-state index contributed by atoms with van der Waals surface area (Å²) in [6, 6.07) is 0. The van der Waals surface area contributed by atoms with Crippen LogP contribution < -0.4 is 0 Å². The van der Waals surface area contributed by atoms with Gasteiger partial charge in [-0.2, -0.15) is 0 Å². The zero-order valence-corrected chi connectivity index (χ0v) is 14.2. The van der Waals surface area contributed by atoms with E-state index in [-0.39, 0.29) is 18.3 Å². The standard InChI is InChI=1S/C16H31NO4/c1-6-19-12-9-13(2)20-14-7-10-17(11-8-14)15(18)21-16(3,4)5/h13-14H,6-12H2,1-5H3. The molecule has 1 aliphatic heterocycles. The predicted molar refractivity (Wildman–Crippen MR) is 82.5 cm³/mol. The van der Waals surface area contributed by atoms with Crippen molar-refractivity contribution in [1.29, 1.82) is 0 Å². The minimum Gasteiger partial charge on any atom is -0.444 e. The van der Waals surface area contributed by atoms with E-state index in [4.69, 9.17) is 14.2 Å². The molecule has 0 radical (unpaired) electrons. The van der Waals surface area contributed by atoms with Gasteiger partial charge in [-0.1, -0.05) is 0 Å². The highest BCUT2D eigenvalue weighted by atomic mass is 16.6. The van der Waals surface area contributed by atoms with Crippen LogP contribution in [0.4, 0.5) is 4.79 Å². The summed E-state index contributed by atoms with van der Waals surface area (Å²) in [6.45, 7) is 12.7. The molecule has 1 heterocycles. The van der Waals surface area contributed by atoms with E-state index in [1.54, 1.807) is 4.90 Å². The van der Waals surface area contributed by atoms with Gasteiger partial charge >= 0.3 is 6.09 Å². The fraction of sp³-hybridized carbons (Fsp3) is 0.938. The second-order valence-electron chi connectivity index (χ2n) is 6.60. The van der Waals surface area contributed by atoms with Crippen molar-refractivity contribution < 1.29 is 19.0 Å². The molecule has 0 aromatic carbocycles. The summed E-state index contributed by atoms with van der Waals surface area (Å²) < 4.78 is 16.7. The fourth-order valence-corrected chi connectivity index (χ4v) is 2.29. The summed E-state index contributed by atoms with van der Waals surface area (Å²) in [5.74, 6) is 0. The number of carbonyl (C=O) groups is 1. The lowest BCUT2D eigenvalue weighted by Crippen LogP contribution is -2.44. The minimum atomic E-state index is -0.432. The molecule has 1 atom stereocenters. The summed E-state index contributed by atoms with van der Waals surface area (Å²) in [5, 5.41) is 0. The molecule has 1 amide bonds. The molecule has 1 saturated heterocycles. The number of rotatable bonds is 6. The number of nitrogens with zero attached hydrogens (tertiary/aromatic N) is 1. The molecule has 1 fully saturated rings. The first-order chi connectivity index (χ1) is 9.81. The number of amides is 1. The van der Waals surface area contributed by atoms with Crippen molar-refractivity contribution in [2.75, 3.05) is 26.3 Å². The van der Waals surface area contributed by atoms with Crippen molar-refractivity contribution in [3.63, 3.8) is 0 Å². The van der Waals surface area contributed by atoms with Crippen LogP contribution in [0.1, 0.15) is 53.9 Å². The van der Waals surface area contributed by atoms with Gasteiger partial charge in [-0.15, -0.1) is 0 Å². The van der Waals surface area contributed by atoms with Gasteiger partial charge in [-0.25, -0.2) is 4.79 Å². The molecule has 124 valence electrons. The van der Waals surface area contributed by atoms with Crippen LogP contribution in [0.2, 0.25) is 0 Å². The quantitative estimate of drug-likeness (QED) is 0.707. The molecule has 0 saturated carbocycles. The zero-order valence-electron chi connectivity index (χ0n) is 14.2. The second-order valence-corrected chi connectivity index (χ2v) is 6.60. The Bertz CT molecular complexity index is 306. The monoisotopic (exact) mass is 301 g/mol. The third kappa shape index (κ3) is 7.67. The molecule has 1 aliphatic rings. The average Bonchev–Trinajstić information content (AvgIpc) is 2.38. The van der Waals surface area contributed by atoms with Crippen LogP contribution in [0.25, 0.3) is 0 Å². The normalized spacial score (nSPS) is 18.6. The molecule has 0 aromatic rings. The van der Waals surface area contributed by atoms with Gasteiger partial charge in [0.05, 0.1) is 12.2 Å². The Kier molecular flexibility index (Phi) is 7.46. The van der Waals surface area contributed by atoms with Gasteiger partial charge in [0.25, 0.3) is 0 Å². The predicted octanol–water partition coefficient (Wildman–Crippen LogP) is 3.22. The number of carbonyl (C=O) groups excluding carboxylic acids is 1. The van der Waals surface area contributed by atoms with E-state index in [1.165, 1.54) is 0 Å². The lowest BCUT2D eigenvalue weighted by atomic mass is 10.1. The molecule has 5 heteroatoms. The third-order valence-corrected chi connectivity index (χ3v) is 3.39. The summed E-state index contributed by atoms with van der Waals surface area (Å²) in [5.41, 5.74) is -0.432. The third-order valence-electron chi connectivity index (χ3n) is 3.39. The SMILES string of the molecule is CCOCCC(C)OC1CCN(C(=O)OC(C)(C)C)CC1. The van der Waals surface area contributed by atoms with E-state index in [0.717, 1.165) is 32.5 Å². The molecule has 21 heavy (non-hydrogen) atoms. The summed E-state index contributed by atoms with van der Waals surface area (Å²) >= 11 is 0. The lowest BCUT2D eigenvalue weighted by molar-refractivity contribution is -0.0491. The molecule has 5 nitrogen and oxygen atoms in total. The van der Waals surface area contributed by atoms with E-state index in [9.17, 15) is 4.79 Å². The van der Waals surface area contributed by atoms with Crippen molar-refractivity contribution in [2.24, 2.45) is 0 Å². The molecule has 0 aliphatic carbocycles. The molecule has 0 spiro atoms. The van der Waals surface area contributed by atoms with Crippen LogP contribution in [0, 0.1) is 0 Å². The van der Waals surface area contributed by atoms with E-state index >= 15 is 0 Å². The second kappa shape index (κ2) is 8.59. The van der Waals surface area contributed by atoms with Crippen molar-refractivity contribution in [1.82, 2.24) is 4.90 Å². The van der Waals surface area contributed by atoms with Gasteiger partial charge in [0.2, 0.25) is 0 Å². The number of likely N-dealkylation sites (tertiary alicyclic amines) is 1. The van der Waals surface area contributed by atoms with Crippen LogP contribution in [0.5, 0.6) is 0 Å². The highest BCUT2D eigenvalue weighted by Gasteiger charge is 2.27. The van der Waals surface area contributed by atoms with Gasteiger partial charge in [0, 0.05) is 26.3 Å². The Morgan fingerprint density at radius 1 is 1.29 bits per heavy atom. The number of hydrogen-bond donors (Lipinski definition) is 0. The van der Waals surface area contributed by atoms with Crippen LogP contribution in [0.3, 0.4) is 0 Å². The van der Waals surface area contributed by atoms with Crippen LogP contribution in [-0.4, -0.2) is 55.1 Å². The minimum absolute atomic E-state index is 0.203. The number of piperidine rings is 1. The first-order valence-corrected chi connectivity index (χ1v) is 8.03. The van der Waals surface area contributed by atoms with E-state index in [1.807, 2.05) is 27.7 Å². The highest BCUT2D eigenvalue weighted by Crippen LogP contribution is 2.19. The maximum Gasteiger partial charge on any atom is 0.410 e. The highest BCUT2D eigenvalue weighted by molar-refractivity contribution is 5.68. The largest absolute Gasteiger partial charge is 0.444 e. The summed E-state index contributed by atoms with van der Waals surface area (Å²) in [6.07, 6.45) is 2.89. The van der Waals surface area contributed by atoms with E-state index < -0.39 is 5.60 Å². The first-order valence-electron chi connectivity index (χ1n) is 8.03. The van der Waals surface area contributed by atoms with Gasteiger partial charge in [-0.3, -0.25) is 0 Å². The smallest absolute Gasteiger partial charge is 0.410 e.